The van der Waals surface area contributed by atoms with Crippen molar-refractivity contribution in [2.24, 2.45) is 0 Å². The molecule has 1 aromatic rings. The van der Waals surface area contributed by atoms with Crippen molar-refractivity contribution >= 4 is 0 Å². The molecule has 1 rings (SSSR count). The quantitative estimate of drug-likeness (QED) is 0.854. The molecule has 0 saturated heterocycles. The summed E-state index contributed by atoms with van der Waals surface area (Å²) in [6.45, 7) is 1.38. The Morgan fingerprint density at radius 1 is 1.32 bits per heavy atom. The van der Waals surface area contributed by atoms with E-state index >= 15 is 0 Å². The van der Waals surface area contributed by atoms with Crippen molar-refractivity contribution < 1.29 is 23.0 Å². The Labute approximate surface area is 110 Å². The smallest absolute Gasteiger partial charge is 0.392 e. The molecule has 0 unspecified atom stereocenters. The molecule has 1 aromatic carbocycles. The Morgan fingerprint density at radius 3 is 2.68 bits per heavy atom. The molecule has 1 N–H and O–H groups in total. The molecule has 0 aliphatic carbocycles. The molecule has 0 radical (unpaired) electrons. The monoisotopic (exact) mass is 272 g/mol. The lowest BCUT2D eigenvalue weighted by Crippen LogP contribution is -2.13. The summed E-state index contributed by atoms with van der Waals surface area (Å²) >= 11 is 0. The second-order valence-electron chi connectivity index (χ2n) is 3.99. The minimum atomic E-state index is -4.23. The first-order valence-electron chi connectivity index (χ1n) is 5.82. The molecule has 2 nitrogen and oxygen atoms in total. The lowest BCUT2D eigenvalue weighted by molar-refractivity contribution is -0.139. The number of aliphatic hydroxyl groups is 1. The average Bonchev–Trinajstić information content (AvgIpc) is 2.30. The highest BCUT2D eigenvalue weighted by Gasteiger charge is 2.26. The standard InChI is InChI=1S/C14H15F3O2/c1-11-5-6-13(19-9-7-14(15,16)17)12(10-11)4-2-3-8-18/h5-6,10,18H,3,7-9H2,1H3. The van der Waals surface area contributed by atoms with Gasteiger partial charge >= 0.3 is 6.18 Å². The van der Waals surface area contributed by atoms with Crippen LogP contribution < -0.4 is 4.74 Å². The molecule has 19 heavy (non-hydrogen) atoms. The van der Waals surface area contributed by atoms with E-state index in [1.54, 1.807) is 18.2 Å². The van der Waals surface area contributed by atoms with Crippen molar-refractivity contribution in [2.75, 3.05) is 13.2 Å². The zero-order valence-electron chi connectivity index (χ0n) is 10.5. The number of aryl methyl sites for hydroxylation is 1. The second kappa shape index (κ2) is 7.05. The van der Waals surface area contributed by atoms with Gasteiger partial charge in [-0.2, -0.15) is 13.2 Å². The molecule has 5 heteroatoms. The summed E-state index contributed by atoms with van der Waals surface area (Å²) in [5, 5.41) is 8.64. The fourth-order valence-electron chi connectivity index (χ4n) is 1.36. The van der Waals surface area contributed by atoms with Gasteiger partial charge in [-0.1, -0.05) is 17.9 Å². The summed E-state index contributed by atoms with van der Waals surface area (Å²) in [6.07, 6.45) is -4.91. The molecule has 0 spiro atoms. The van der Waals surface area contributed by atoms with Gasteiger partial charge in [0.1, 0.15) is 5.75 Å². The van der Waals surface area contributed by atoms with Gasteiger partial charge in [-0.05, 0) is 24.6 Å². The van der Waals surface area contributed by atoms with Gasteiger partial charge in [0.05, 0.1) is 25.2 Å². The fraction of sp³-hybridized carbons (Fsp3) is 0.429. The molecule has 0 saturated carbocycles. The van der Waals surface area contributed by atoms with E-state index in [0.717, 1.165) is 5.56 Å². The third-order valence-electron chi connectivity index (χ3n) is 2.24. The molecule has 0 aliphatic heterocycles. The number of benzene rings is 1. The first-order chi connectivity index (χ1) is 8.92. The maximum Gasteiger partial charge on any atom is 0.392 e. The Bertz CT molecular complexity index is 470. The molecule has 0 atom stereocenters. The van der Waals surface area contributed by atoms with E-state index in [4.69, 9.17) is 9.84 Å². The van der Waals surface area contributed by atoms with E-state index < -0.39 is 19.2 Å². The predicted octanol–water partition coefficient (Wildman–Crippen LogP) is 3.06. The van der Waals surface area contributed by atoms with Crippen molar-refractivity contribution in [1.82, 2.24) is 0 Å². The Kier molecular flexibility index (Phi) is 5.71. The van der Waals surface area contributed by atoms with Gasteiger partial charge in [-0.15, -0.1) is 0 Å². The van der Waals surface area contributed by atoms with Crippen LogP contribution in [0.3, 0.4) is 0 Å². The zero-order chi connectivity index (χ0) is 14.3. The van der Waals surface area contributed by atoms with Crippen LogP contribution in [0.25, 0.3) is 0 Å². The third kappa shape index (κ3) is 6.16. The van der Waals surface area contributed by atoms with Gasteiger partial charge in [0.15, 0.2) is 0 Å². The van der Waals surface area contributed by atoms with Crippen molar-refractivity contribution in [1.29, 1.82) is 0 Å². The maximum absolute atomic E-state index is 12.0. The zero-order valence-corrected chi connectivity index (χ0v) is 10.5. The second-order valence-corrected chi connectivity index (χ2v) is 3.99. The summed E-state index contributed by atoms with van der Waals surface area (Å²) in [4.78, 5) is 0. The molecule has 104 valence electrons. The first-order valence-corrected chi connectivity index (χ1v) is 5.82. The number of halogens is 3. The number of rotatable bonds is 4. The molecule has 0 fully saturated rings. The van der Waals surface area contributed by atoms with E-state index in [0.29, 0.717) is 17.7 Å². The number of hydrogen-bond acceptors (Lipinski definition) is 2. The van der Waals surface area contributed by atoms with Crippen molar-refractivity contribution in [3.8, 4) is 17.6 Å². The highest BCUT2D eigenvalue weighted by molar-refractivity contribution is 5.48. The van der Waals surface area contributed by atoms with Crippen LogP contribution in [-0.4, -0.2) is 24.5 Å². The minimum absolute atomic E-state index is 0.0525. The average molecular weight is 272 g/mol. The van der Waals surface area contributed by atoms with Crippen LogP contribution in [0, 0.1) is 18.8 Å². The highest BCUT2D eigenvalue weighted by Crippen LogP contribution is 2.23. The number of ether oxygens (including phenoxy) is 1. The largest absolute Gasteiger partial charge is 0.492 e. The molecule has 0 aromatic heterocycles. The van der Waals surface area contributed by atoms with E-state index in [9.17, 15) is 13.2 Å². The molecule has 0 amide bonds. The maximum atomic E-state index is 12.0. The molecule has 0 bridgehead atoms. The van der Waals surface area contributed by atoms with Crippen LogP contribution in [0.4, 0.5) is 13.2 Å². The number of aliphatic hydroxyl groups excluding tert-OH is 1. The van der Waals surface area contributed by atoms with Crippen LogP contribution in [0.15, 0.2) is 18.2 Å². The summed E-state index contributed by atoms with van der Waals surface area (Å²) in [6, 6.07) is 5.10. The van der Waals surface area contributed by atoms with Gasteiger partial charge in [0.25, 0.3) is 0 Å². The molecule has 0 heterocycles. The molecular formula is C14H15F3O2. The van der Waals surface area contributed by atoms with E-state index in [1.807, 2.05) is 6.92 Å². The van der Waals surface area contributed by atoms with E-state index in [-0.39, 0.29) is 6.61 Å². The van der Waals surface area contributed by atoms with Crippen LogP contribution in [0.2, 0.25) is 0 Å². The Morgan fingerprint density at radius 2 is 2.05 bits per heavy atom. The van der Waals surface area contributed by atoms with Gasteiger partial charge in [-0.25, -0.2) is 0 Å². The highest BCUT2D eigenvalue weighted by atomic mass is 19.4. The van der Waals surface area contributed by atoms with Crippen LogP contribution in [0.1, 0.15) is 24.0 Å². The predicted molar refractivity (Wildman–Crippen MR) is 65.9 cm³/mol. The number of hydrogen-bond donors (Lipinski definition) is 1. The van der Waals surface area contributed by atoms with E-state index in [2.05, 4.69) is 11.8 Å². The third-order valence-corrected chi connectivity index (χ3v) is 2.24. The summed E-state index contributed by atoms with van der Waals surface area (Å²) in [7, 11) is 0. The normalized spacial score (nSPS) is 10.8. The van der Waals surface area contributed by atoms with E-state index in [1.165, 1.54) is 0 Å². The minimum Gasteiger partial charge on any atom is -0.492 e. The number of alkyl halides is 3. The topological polar surface area (TPSA) is 29.5 Å². The van der Waals surface area contributed by atoms with Crippen LogP contribution >= 0.6 is 0 Å². The summed E-state index contributed by atoms with van der Waals surface area (Å²) < 4.78 is 41.2. The molecular weight excluding hydrogens is 257 g/mol. The summed E-state index contributed by atoms with van der Waals surface area (Å²) in [5.74, 6) is 5.84. The van der Waals surface area contributed by atoms with Gasteiger partial charge in [-0.3, -0.25) is 0 Å². The van der Waals surface area contributed by atoms with Crippen LogP contribution in [-0.2, 0) is 0 Å². The van der Waals surface area contributed by atoms with Crippen LogP contribution in [0.5, 0.6) is 5.75 Å². The van der Waals surface area contributed by atoms with Crippen molar-refractivity contribution in [3.05, 3.63) is 29.3 Å². The summed E-state index contributed by atoms with van der Waals surface area (Å²) in [5.41, 5.74) is 1.48. The van der Waals surface area contributed by atoms with Crippen molar-refractivity contribution in [2.45, 2.75) is 25.9 Å². The SMILES string of the molecule is Cc1ccc(OCCC(F)(F)F)c(C#CCCO)c1. The lowest BCUT2D eigenvalue weighted by atomic mass is 10.1. The van der Waals surface area contributed by atoms with Gasteiger partial charge in [0.2, 0.25) is 0 Å². The van der Waals surface area contributed by atoms with Gasteiger partial charge in [0, 0.05) is 6.42 Å². The van der Waals surface area contributed by atoms with Crippen molar-refractivity contribution in [3.63, 3.8) is 0 Å². The lowest BCUT2D eigenvalue weighted by Gasteiger charge is -2.10. The molecule has 0 aliphatic rings. The Balaban J connectivity index is 2.74. The first kappa shape index (κ1) is 15.4. The Hall–Kier alpha value is -1.67. The van der Waals surface area contributed by atoms with Gasteiger partial charge < -0.3 is 9.84 Å². The fourth-order valence-corrected chi connectivity index (χ4v) is 1.36.